The van der Waals surface area contributed by atoms with Gasteiger partial charge in [-0.05, 0) is 54.6 Å². The van der Waals surface area contributed by atoms with Crippen LogP contribution in [-0.2, 0) is 4.79 Å². The highest BCUT2D eigenvalue weighted by Gasteiger charge is 2.25. The van der Waals surface area contributed by atoms with Crippen LogP contribution in [0.15, 0.2) is 79.0 Å². The topological polar surface area (TPSA) is 97.5 Å². The molecule has 0 spiro atoms. The van der Waals surface area contributed by atoms with Crippen LogP contribution in [0.2, 0.25) is 5.02 Å². The molecule has 1 aromatic heterocycles. The van der Waals surface area contributed by atoms with Crippen LogP contribution >= 0.6 is 11.6 Å². The van der Waals surface area contributed by atoms with E-state index in [4.69, 9.17) is 22.1 Å². The van der Waals surface area contributed by atoms with Gasteiger partial charge in [0.15, 0.2) is 0 Å². The number of hydrogen-bond donors (Lipinski definition) is 2. The second-order valence-corrected chi connectivity index (χ2v) is 9.08. The Morgan fingerprint density at radius 3 is 2.53 bits per heavy atom. The highest BCUT2D eigenvalue weighted by molar-refractivity contribution is 6.34. The fraction of sp³-hybridized carbons (Fsp3) is 0.179. The number of carbonyl (C=O) groups is 2. The quantitative estimate of drug-likeness (QED) is 0.366. The molecule has 4 aromatic rings. The van der Waals surface area contributed by atoms with Gasteiger partial charge in [-0.2, -0.15) is 0 Å². The van der Waals surface area contributed by atoms with Gasteiger partial charge in [-0.1, -0.05) is 48.0 Å². The molecule has 1 aliphatic rings. The Morgan fingerprint density at radius 2 is 1.78 bits per heavy atom. The predicted octanol–water partition coefficient (Wildman–Crippen LogP) is 5.47. The van der Waals surface area contributed by atoms with Crippen molar-refractivity contribution in [3.63, 3.8) is 0 Å². The lowest BCUT2D eigenvalue weighted by Gasteiger charge is -2.20. The monoisotopic (exact) mass is 500 g/mol. The molecule has 2 heterocycles. The van der Waals surface area contributed by atoms with E-state index >= 15 is 0 Å². The van der Waals surface area contributed by atoms with Crippen LogP contribution in [-0.4, -0.2) is 34.8 Å². The minimum absolute atomic E-state index is 0.0529. The maximum Gasteiger partial charge on any atom is 0.270 e. The van der Waals surface area contributed by atoms with Crippen LogP contribution in [0.4, 0.5) is 11.5 Å². The Bertz CT molecular complexity index is 1420. The number of rotatable bonds is 6. The third kappa shape index (κ3) is 4.97. The molecule has 0 radical (unpaired) electrons. The van der Waals surface area contributed by atoms with Crippen molar-refractivity contribution in [2.45, 2.75) is 18.9 Å². The molecule has 0 aliphatic carbocycles. The van der Waals surface area contributed by atoms with Gasteiger partial charge in [-0.15, -0.1) is 0 Å². The summed E-state index contributed by atoms with van der Waals surface area (Å²) in [5.41, 5.74) is 7.60. The number of pyridine rings is 1. The van der Waals surface area contributed by atoms with E-state index in [2.05, 4.69) is 10.3 Å². The van der Waals surface area contributed by atoms with Crippen molar-refractivity contribution in [2.24, 2.45) is 0 Å². The summed E-state index contributed by atoms with van der Waals surface area (Å²) in [7, 11) is 0. The molecule has 36 heavy (non-hydrogen) atoms. The van der Waals surface area contributed by atoms with Crippen LogP contribution in [0.5, 0.6) is 5.75 Å². The van der Waals surface area contributed by atoms with Gasteiger partial charge in [0.25, 0.3) is 11.8 Å². The third-order valence-electron chi connectivity index (χ3n) is 6.23. The van der Waals surface area contributed by atoms with E-state index in [0.717, 1.165) is 36.7 Å². The fourth-order valence-corrected chi connectivity index (χ4v) is 4.56. The number of anilines is 2. The number of ether oxygens (including phenoxy) is 1. The summed E-state index contributed by atoms with van der Waals surface area (Å²) >= 11 is 6.47. The number of carbonyl (C=O) groups excluding carboxylic acids is 2. The average Bonchev–Trinajstić information content (AvgIpc) is 3.44. The summed E-state index contributed by atoms with van der Waals surface area (Å²) < 4.78 is 6.17. The van der Waals surface area contributed by atoms with Crippen LogP contribution < -0.4 is 15.8 Å². The highest BCUT2D eigenvalue weighted by Crippen LogP contribution is 2.30. The first-order valence-electron chi connectivity index (χ1n) is 11.7. The van der Waals surface area contributed by atoms with Gasteiger partial charge in [0.05, 0.1) is 10.7 Å². The van der Waals surface area contributed by atoms with Crippen molar-refractivity contribution in [3.05, 3.63) is 95.1 Å². The number of nitrogens with zero attached hydrogens (tertiary/aromatic N) is 2. The van der Waals surface area contributed by atoms with Crippen LogP contribution in [0.25, 0.3) is 10.8 Å². The molecule has 2 amide bonds. The SMILES string of the molecule is Nc1nccc2ccc(OC(C(=O)Nc3ccc(C(=O)N4CCCC4)cc3Cl)c3ccccc3)cc12. The molecule has 3 aromatic carbocycles. The van der Waals surface area contributed by atoms with Gasteiger partial charge in [-0.25, -0.2) is 4.98 Å². The smallest absolute Gasteiger partial charge is 0.270 e. The molecule has 1 saturated heterocycles. The maximum absolute atomic E-state index is 13.4. The predicted molar refractivity (Wildman–Crippen MR) is 141 cm³/mol. The maximum atomic E-state index is 13.4. The molecule has 0 saturated carbocycles. The van der Waals surface area contributed by atoms with Crippen molar-refractivity contribution in [1.29, 1.82) is 0 Å². The van der Waals surface area contributed by atoms with Gasteiger partial charge in [0.1, 0.15) is 11.6 Å². The Kier molecular flexibility index (Phi) is 6.73. The molecule has 1 unspecified atom stereocenters. The van der Waals surface area contributed by atoms with Gasteiger partial charge in [0.2, 0.25) is 6.10 Å². The molecular formula is C28H25ClN4O3. The number of aromatic nitrogens is 1. The first kappa shape index (κ1) is 23.6. The first-order chi connectivity index (χ1) is 17.5. The van der Waals surface area contributed by atoms with E-state index in [-0.39, 0.29) is 10.9 Å². The van der Waals surface area contributed by atoms with Crippen molar-refractivity contribution >= 4 is 45.7 Å². The lowest BCUT2D eigenvalue weighted by atomic mass is 10.1. The second-order valence-electron chi connectivity index (χ2n) is 8.67. The van der Waals surface area contributed by atoms with E-state index in [1.807, 2.05) is 47.4 Å². The Hall–Kier alpha value is -4.10. The summed E-state index contributed by atoms with van der Waals surface area (Å²) in [5.74, 6) is 0.404. The number of hydrogen-bond acceptors (Lipinski definition) is 5. The van der Waals surface area contributed by atoms with E-state index in [0.29, 0.717) is 28.4 Å². The summed E-state index contributed by atoms with van der Waals surface area (Å²) in [6, 6.07) is 21.4. The molecule has 1 aliphatic heterocycles. The van der Waals surface area contributed by atoms with Crippen LogP contribution in [0.3, 0.4) is 0 Å². The molecule has 1 fully saturated rings. The normalized spacial score (nSPS) is 14.0. The third-order valence-corrected chi connectivity index (χ3v) is 6.54. The van der Waals surface area contributed by atoms with Gasteiger partial charge < -0.3 is 20.7 Å². The number of nitrogen functional groups attached to an aromatic ring is 1. The van der Waals surface area contributed by atoms with Crippen LogP contribution in [0, 0.1) is 0 Å². The van der Waals surface area contributed by atoms with Crippen molar-refractivity contribution in [2.75, 3.05) is 24.1 Å². The lowest BCUT2D eigenvalue weighted by Crippen LogP contribution is -2.28. The molecule has 1 atom stereocenters. The Balaban J connectivity index is 1.39. The zero-order valence-electron chi connectivity index (χ0n) is 19.5. The minimum atomic E-state index is -0.955. The Labute approximate surface area is 213 Å². The molecule has 182 valence electrons. The van der Waals surface area contributed by atoms with E-state index in [1.165, 1.54) is 0 Å². The zero-order chi connectivity index (χ0) is 25.1. The van der Waals surface area contributed by atoms with Gasteiger partial charge >= 0.3 is 0 Å². The molecule has 8 heteroatoms. The molecule has 7 nitrogen and oxygen atoms in total. The lowest BCUT2D eigenvalue weighted by molar-refractivity contribution is -0.123. The molecule has 0 bridgehead atoms. The largest absolute Gasteiger partial charge is 0.476 e. The summed E-state index contributed by atoms with van der Waals surface area (Å²) in [4.78, 5) is 32.1. The first-order valence-corrected chi connectivity index (χ1v) is 12.1. The number of fused-ring (bicyclic) bond motifs is 1. The average molecular weight is 501 g/mol. The van der Waals surface area contributed by atoms with Gasteiger partial charge in [-0.3, -0.25) is 9.59 Å². The van der Waals surface area contributed by atoms with Crippen LogP contribution in [0.1, 0.15) is 34.9 Å². The number of amides is 2. The number of nitrogens with one attached hydrogen (secondary N) is 1. The molecular weight excluding hydrogens is 476 g/mol. The molecule has 5 rings (SSSR count). The highest BCUT2D eigenvalue weighted by atomic mass is 35.5. The summed E-state index contributed by atoms with van der Waals surface area (Å²) in [6.45, 7) is 1.50. The van der Waals surface area contributed by atoms with E-state index < -0.39 is 12.0 Å². The van der Waals surface area contributed by atoms with Crippen molar-refractivity contribution in [3.8, 4) is 5.75 Å². The van der Waals surface area contributed by atoms with E-state index in [1.54, 1.807) is 36.5 Å². The summed E-state index contributed by atoms with van der Waals surface area (Å²) in [5, 5.41) is 4.80. The second kappa shape index (κ2) is 10.3. The number of nitrogens with two attached hydrogens (primary N) is 1. The van der Waals surface area contributed by atoms with Crippen molar-refractivity contribution in [1.82, 2.24) is 9.88 Å². The number of halogens is 1. The van der Waals surface area contributed by atoms with Gasteiger partial charge in [0, 0.05) is 35.8 Å². The Morgan fingerprint density at radius 1 is 1.00 bits per heavy atom. The minimum Gasteiger partial charge on any atom is -0.476 e. The standard InChI is InChI=1S/C28H25ClN4O3/c29-23-16-20(28(35)33-14-4-5-15-33)9-11-24(23)32-27(34)25(19-6-2-1-3-7-19)36-21-10-8-18-12-13-31-26(30)22(18)17-21/h1-3,6-13,16-17,25H,4-5,14-15H2,(H2,30,31)(H,32,34). The number of likely N-dealkylation sites (tertiary alicyclic amines) is 1. The zero-order valence-corrected chi connectivity index (χ0v) is 20.2. The fourth-order valence-electron chi connectivity index (χ4n) is 4.33. The molecule has 3 N–H and O–H groups in total. The summed E-state index contributed by atoms with van der Waals surface area (Å²) in [6.07, 6.45) is 2.71. The van der Waals surface area contributed by atoms with E-state index in [9.17, 15) is 9.59 Å². The number of benzene rings is 3. The van der Waals surface area contributed by atoms with Crippen molar-refractivity contribution < 1.29 is 14.3 Å².